The maximum Gasteiger partial charge on any atom is 0.121 e. The summed E-state index contributed by atoms with van der Waals surface area (Å²) in [5.41, 5.74) is 0. The van der Waals surface area contributed by atoms with Gasteiger partial charge in [0.1, 0.15) is 18.9 Å². The lowest BCUT2D eigenvalue weighted by molar-refractivity contribution is -0.109. The van der Waals surface area contributed by atoms with E-state index < -0.39 is 6.10 Å². The Hall–Kier alpha value is -1.11. The molecule has 0 aliphatic heterocycles. The van der Waals surface area contributed by atoms with Crippen LogP contribution in [0.25, 0.3) is 0 Å². The van der Waals surface area contributed by atoms with Gasteiger partial charge in [0.25, 0.3) is 0 Å². The number of rotatable bonds is 14. The molecule has 1 N–H and O–H groups in total. The van der Waals surface area contributed by atoms with Crippen molar-refractivity contribution in [2.75, 3.05) is 39.3 Å². The van der Waals surface area contributed by atoms with Gasteiger partial charge < -0.3 is 24.4 Å². The van der Waals surface area contributed by atoms with Crippen LogP contribution in [-0.2, 0) is 14.4 Å². The van der Waals surface area contributed by atoms with Gasteiger partial charge in [-0.15, -0.1) is 0 Å². The molecule has 0 saturated heterocycles. The lowest BCUT2D eigenvalue weighted by Gasteiger charge is -2.27. The van der Waals surface area contributed by atoms with Gasteiger partial charge in [-0.2, -0.15) is 0 Å². The molecule has 0 rings (SSSR count). The fourth-order valence-corrected chi connectivity index (χ4v) is 1.99. The maximum absolute atomic E-state index is 10.4. The van der Waals surface area contributed by atoms with Crippen LogP contribution < -0.4 is 0 Å². The smallest absolute Gasteiger partial charge is 0.121 e. The third kappa shape index (κ3) is 10.8. The number of aliphatic hydroxyl groups is 1. The summed E-state index contributed by atoms with van der Waals surface area (Å²) in [5, 5.41) is 9.43. The minimum atomic E-state index is -0.444. The molecule has 0 amide bonds. The van der Waals surface area contributed by atoms with Crippen LogP contribution in [0.2, 0.25) is 0 Å². The number of carbonyl (C=O) groups excluding carboxylic acids is 3. The summed E-state index contributed by atoms with van der Waals surface area (Å²) in [7, 11) is 0. The van der Waals surface area contributed by atoms with Crippen molar-refractivity contribution < 1.29 is 19.5 Å². The molecule has 0 fully saturated rings. The van der Waals surface area contributed by atoms with E-state index in [0.717, 1.165) is 18.9 Å². The fraction of sp³-hybridized carbons (Fsp3) is 0.786. The second kappa shape index (κ2) is 12.9. The van der Waals surface area contributed by atoms with Crippen LogP contribution in [0, 0.1) is 0 Å². The van der Waals surface area contributed by atoms with Crippen molar-refractivity contribution in [1.29, 1.82) is 0 Å². The highest BCUT2D eigenvalue weighted by Gasteiger charge is 2.11. The summed E-state index contributed by atoms with van der Waals surface area (Å²) >= 11 is 0. The number of hydrogen-bond acceptors (Lipinski definition) is 6. The van der Waals surface area contributed by atoms with Crippen LogP contribution in [0.4, 0.5) is 0 Å². The molecule has 0 radical (unpaired) electrons. The Kier molecular flexibility index (Phi) is 12.2. The van der Waals surface area contributed by atoms with E-state index in [9.17, 15) is 19.5 Å². The first-order valence-corrected chi connectivity index (χ1v) is 7.07. The lowest BCUT2D eigenvalue weighted by atomic mass is 10.3. The van der Waals surface area contributed by atoms with Gasteiger partial charge in [0.2, 0.25) is 0 Å². The van der Waals surface area contributed by atoms with Crippen LogP contribution >= 0.6 is 0 Å². The van der Waals surface area contributed by atoms with E-state index in [-0.39, 0.29) is 0 Å². The molecule has 0 aromatic heterocycles. The SMILES string of the molecule is CC(O)CN(CCC=O)CCN(CCC=O)CCC=O. The summed E-state index contributed by atoms with van der Waals surface area (Å²) < 4.78 is 0. The Labute approximate surface area is 120 Å². The second-order valence-electron chi connectivity index (χ2n) is 4.86. The summed E-state index contributed by atoms with van der Waals surface area (Å²) in [4.78, 5) is 35.4. The van der Waals surface area contributed by atoms with E-state index in [0.29, 0.717) is 58.5 Å². The van der Waals surface area contributed by atoms with Crippen LogP contribution in [0.1, 0.15) is 26.2 Å². The van der Waals surface area contributed by atoms with Gasteiger partial charge in [0.05, 0.1) is 6.10 Å². The van der Waals surface area contributed by atoms with Gasteiger partial charge in [-0.3, -0.25) is 4.90 Å². The molecule has 0 aromatic carbocycles. The van der Waals surface area contributed by atoms with Crippen LogP contribution in [0.15, 0.2) is 0 Å². The van der Waals surface area contributed by atoms with Gasteiger partial charge in [-0.05, 0) is 6.92 Å². The van der Waals surface area contributed by atoms with E-state index in [1.54, 1.807) is 6.92 Å². The zero-order valence-electron chi connectivity index (χ0n) is 12.2. The van der Waals surface area contributed by atoms with Gasteiger partial charge in [-0.25, -0.2) is 0 Å². The van der Waals surface area contributed by atoms with Gasteiger partial charge in [0.15, 0.2) is 0 Å². The maximum atomic E-state index is 10.4. The highest BCUT2D eigenvalue weighted by molar-refractivity contribution is 5.50. The molecule has 0 aromatic rings. The minimum absolute atomic E-state index is 0.440. The molecule has 0 heterocycles. The van der Waals surface area contributed by atoms with Gasteiger partial charge in [0, 0.05) is 58.5 Å². The summed E-state index contributed by atoms with van der Waals surface area (Å²) in [6, 6.07) is 0. The lowest BCUT2D eigenvalue weighted by Crippen LogP contribution is -2.39. The molecule has 1 unspecified atom stereocenters. The Bertz CT molecular complexity index is 260. The van der Waals surface area contributed by atoms with E-state index in [4.69, 9.17) is 0 Å². The van der Waals surface area contributed by atoms with Crippen molar-refractivity contribution in [2.45, 2.75) is 32.3 Å². The molecule has 6 nitrogen and oxygen atoms in total. The molecule has 6 heteroatoms. The van der Waals surface area contributed by atoms with Crippen molar-refractivity contribution >= 4 is 18.9 Å². The first-order valence-electron chi connectivity index (χ1n) is 7.07. The largest absolute Gasteiger partial charge is 0.392 e. The Morgan fingerprint density at radius 2 is 1.20 bits per heavy atom. The average molecular weight is 286 g/mol. The van der Waals surface area contributed by atoms with E-state index in [1.165, 1.54) is 0 Å². The number of nitrogens with zero attached hydrogens (tertiary/aromatic N) is 2. The van der Waals surface area contributed by atoms with Crippen LogP contribution in [-0.4, -0.2) is 79.1 Å². The zero-order valence-corrected chi connectivity index (χ0v) is 12.2. The Morgan fingerprint density at radius 1 is 0.800 bits per heavy atom. The van der Waals surface area contributed by atoms with E-state index >= 15 is 0 Å². The van der Waals surface area contributed by atoms with E-state index in [2.05, 4.69) is 4.90 Å². The molecule has 1 atom stereocenters. The highest BCUT2D eigenvalue weighted by atomic mass is 16.3. The zero-order chi connectivity index (χ0) is 15.2. The second-order valence-corrected chi connectivity index (χ2v) is 4.86. The summed E-state index contributed by atoms with van der Waals surface area (Å²) in [6.07, 6.45) is 3.50. The normalized spacial score (nSPS) is 12.6. The Balaban J connectivity index is 4.22. The number of aliphatic hydroxyl groups excluding tert-OH is 1. The molecular weight excluding hydrogens is 260 g/mol. The predicted octanol–water partition coefficient (Wildman–Crippen LogP) is -0.262. The molecule has 116 valence electrons. The molecule has 0 spiro atoms. The fourth-order valence-electron chi connectivity index (χ4n) is 1.99. The van der Waals surface area contributed by atoms with E-state index in [1.807, 2.05) is 4.90 Å². The Morgan fingerprint density at radius 3 is 1.60 bits per heavy atom. The first kappa shape index (κ1) is 18.9. The first-order chi connectivity index (χ1) is 9.63. The summed E-state index contributed by atoms with van der Waals surface area (Å²) in [5.74, 6) is 0. The third-order valence-electron chi connectivity index (χ3n) is 2.94. The minimum Gasteiger partial charge on any atom is -0.392 e. The third-order valence-corrected chi connectivity index (χ3v) is 2.94. The topological polar surface area (TPSA) is 77.9 Å². The van der Waals surface area contributed by atoms with Crippen molar-refractivity contribution in [2.24, 2.45) is 0 Å². The molecule has 0 aliphatic carbocycles. The molecule has 0 aliphatic rings. The average Bonchev–Trinajstić information content (AvgIpc) is 2.42. The van der Waals surface area contributed by atoms with Gasteiger partial charge in [-0.1, -0.05) is 0 Å². The monoisotopic (exact) mass is 286 g/mol. The number of aldehydes is 3. The molecule has 0 bridgehead atoms. The van der Waals surface area contributed by atoms with Crippen LogP contribution in [0.3, 0.4) is 0 Å². The number of hydrogen-bond donors (Lipinski definition) is 1. The van der Waals surface area contributed by atoms with Crippen LogP contribution in [0.5, 0.6) is 0 Å². The molecular formula is C14H26N2O4. The summed E-state index contributed by atoms with van der Waals surface area (Å²) in [6.45, 7) is 5.53. The number of carbonyl (C=O) groups is 3. The van der Waals surface area contributed by atoms with Gasteiger partial charge >= 0.3 is 0 Å². The van der Waals surface area contributed by atoms with Crippen molar-refractivity contribution in [3.05, 3.63) is 0 Å². The molecule has 20 heavy (non-hydrogen) atoms. The molecule has 0 saturated carbocycles. The predicted molar refractivity (Wildman–Crippen MR) is 76.6 cm³/mol. The van der Waals surface area contributed by atoms with Crippen molar-refractivity contribution in [3.8, 4) is 0 Å². The quantitative estimate of drug-likeness (QED) is 0.443. The van der Waals surface area contributed by atoms with Crippen molar-refractivity contribution in [3.63, 3.8) is 0 Å². The standard InChI is InChI=1S/C14H26N2O4/c1-14(20)13-16(7-4-12-19)9-8-15(5-2-10-17)6-3-11-18/h10-12,14,20H,2-9,13H2,1H3. The van der Waals surface area contributed by atoms with Crippen molar-refractivity contribution in [1.82, 2.24) is 9.80 Å². The highest BCUT2D eigenvalue weighted by Crippen LogP contribution is 1.98.